The van der Waals surface area contributed by atoms with E-state index in [0.29, 0.717) is 12.0 Å². The highest BCUT2D eigenvalue weighted by atomic mass is 16.5. The van der Waals surface area contributed by atoms with Crippen LogP contribution in [0.1, 0.15) is 18.4 Å². The van der Waals surface area contributed by atoms with Gasteiger partial charge in [0, 0.05) is 12.3 Å². The van der Waals surface area contributed by atoms with Crippen molar-refractivity contribution in [2.24, 2.45) is 0 Å². The first kappa shape index (κ1) is 7.81. The summed E-state index contributed by atoms with van der Waals surface area (Å²) in [5.74, 6) is 0.500. The predicted octanol–water partition coefficient (Wildman–Crippen LogP) is 2.39. The molecule has 1 heterocycles. The van der Waals surface area contributed by atoms with Crippen LogP contribution >= 0.6 is 0 Å². The van der Waals surface area contributed by atoms with Crippen LogP contribution in [-0.4, -0.2) is 12.7 Å². The van der Waals surface area contributed by atoms with E-state index in [1.807, 2.05) is 6.07 Å². The Morgan fingerprint density at radius 3 is 2.50 bits per heavy atom. The van der Waals surface area contributed by atoms with E-state index in [9.17, 15) is 0 Å². The molecule has 2 atom stereocenters. The highest BCUT2D eigenvalue weighted by molar-refractivity contribution is 5.21. The molecule has 1 aromatic carbocycles. The zero-order chi connectivity index (χ0) is 8.39. The first-order valence-electron chi connectivity index (χ1n) is 4.38. The standard InChI is InChI=1S/C11H13O/c1-9(11-7-8-12-11)10-5-3-2-4-6-10/h2-7,9,11H,8H2,1H3. The number of hydrogen-bond acceptors (Lipinski definition) is 1. The lowest BCUT2D eigenvalue weighted by molar-refractivity contribution is -0.00509. The Bertz CT molecular complexity index is 238. The molecular formula is C11H13O. The minimum Gasteiger partial charge on any atom is -0.377 e. The van der Waals surface area contributed by atoms with E-state index in [0.717, 1.165) is 6.61 Å². The Morgan fingerprint density at radius 1 is 1.33 bits per heavy atom. The molecule has 0 aliphatic carbocycles. The van der Waals surface area contributed by atoms with Crippen LogP contribution in [-0.2, 0) is 4.74 Å². The van der Waals surface area contributed by atoms with Gasteiger partial charge < -0.3 is 4.74 Å². The maximum Gasteiger partial charge on any atom is 0.0695 e. The normalized spacial score (nSPS) is 24.6. The summed E-state index contributed by atoms with van der Waals surface area (Å²) in [4.78, 5) is 0. The molecule has 0 bridgehead atoms. The molecule has 12 heavy (non-hydrogen) atoms. The van der Waals surface area contributed by atoms with Crippen molar-refractivity contribution in [3.8, 4) is 0 Å². The lowest BCUT2D eigenvalue weighted by atomic mass is 9.91. The van der Waals surface area contributed by atoms with Crippen molar-refractivity contribution in [1.82, 2.24) is 0 Å². The second-order valence-corrected chi connectivity index (χ2v) is 3.23. The van der Waals surface area contributed by atoms with Crippen LogP contribution in [0.4, 0.5) is 0 Å². The molecule has 0 spiro atoms. The molecular weight excluding hydrogens is 148 g/mol. The molecule has 0 aromatic heterocycles. The quantitative estimate of drug-likeness (QED) is 0.647. The molecule has 0 N–H and O–H groups in total. The van der Waals surface area contributed by atoms with Gasteiger partial charge in [-0.1, -0.05) is 37.3 Å². The maximum absolute atomic E-state index is 5.39. The molecule has 1 radical (unpaired) electrons. The summed E-state index contributed by atoms with van der Waals surface area (Å²) < 4.78 is 5.39. The molecule has 63 valence electrons. The van der Waals surface area contributed by atoms with Gasteiger partial charge >= 0.3 is 0 Å². The third-order valence-corrected chi connectivity index (χ3v) is 2.44. The third-order valence-electron chi connectivity index (χ3n) is 2.44. The van der Waals surface area contributed by atoms with Crippen LogP contribution in [0.25, 0.3) is 0 Å². The fourth-order valence-electron chi connectivity index (χ4n) is 1.50. The second-order valence-electron chi connectivity index (χ2n) is 3.23. The van der Waals surface area contributed by atoms with Crippen LogP contribution in [0.15, 0.2) is 30.3 Å². The summed E-state index contributed by atoms with van der Waals surface area (Å²) in [7, 11) is 0. The highest BCUT2D eigenvalue weighted by Gasteiger charge is 2.25. The van der Waals surface area contributed by atoms with Crippen molar-refractivity contribution < 1.29 is 4.74 Å². The predicted molar refractivity (Wildman–Crippen MR) is 48.9 cm³/mol. The summed E-state index contributed by atoms with van der Waals surface area (Å²) in [5.41, 5.74) is 1.36. The van der Waals surface area contributed by atoms with E-state index in [4.69, 9.17) is 4.74 Å². The Hall–Kier alpha value is -0.820. The largest absolute Gasteiger partial charge is 0.377 e. The molecule has 0 amide bonds. The van der Waals surface area contributed by atoms with Gasteiger partial charge in [0.15, 0.2) is 0 Å². The van der Waals surface area contributed by atoms with E-state index >= 15 is 0 Å². The van der Waals surface area contributed by atoms with Crippen LogP contribution < -0.4 is 0 Å². The van der Waals surface area contributed by atoms with Crippen molar-refractivity contribution in [2.75, 3.05) is 6.61 Å². The summed E-state index contributed by atoms with van der Waals surface area (Å²) >= 11 is 0. The van der Waals surface area contributed by atoms with E-state index < -0.39 is 0 Å². The molecule has 0 saturated carbocycles. The Balaban J connectivity index is 2.08. The van der Waals surface area contributed by atoms with Crippen LogP contribution in [0.2, 0.25) is 0 Å². The summed E-state index contributed by atoms with van der Waals surface area (Å²) in [6, 6.07) is 10.5. The fourth-order valence-corrected chi connectivity index (χ4v) is 1.50. The fraction of sp³-hybridized carbons (Fsp3) is 0.364. The van der Waals surface area contributed by atoms with Gasteiger partial charge in [0.1, 0.15) is 0 Å². The summed E-state index contributed by atoms with van der Waals surface area (Å²) in [6.45, 7) is 3.03. The van der Waals surface area contributed by atoms with Gasteiger partial charge in [-0.2, -0.15) is 0 Å². The SMILES string of the molecule is CC(c1ccccc1)C1[CH]CO1. The minimum atomic E-state index is 0.340. The van der Waals surface area contributed by atoms with Gasteiger partial charge in [0.25, 0.3) is 0 Å². The van der Waals surface area contributed by atoms with Crippen LogP contribution in [0.3, 0.4) is 0 Å². The van der Waals surface area contributed by atoms with Gasteiger partial charge in [-0.3, -0.25) is 0 Å². The van der Waals surface area contributed by atoms with Gasteiger partial charge in [-0.25, -0.2) is 0 Å². The van der Waals surface area contributed by atoms with Crippen LogP contribution in [0, 0.1) is 6.42 Å². The number of benzene rings is 1. The zero-order valence-electron chi connectivity index (χ0n) is 7.23. The van der Waals surface area contributed by atoms with E-state index in [1.54, 1.807) is 0 Å². The van der Waals surface area contributed by atoms with E-state index in [2.05, 4.69) is 37.6 Å². The van der Waals surface area contributed by atoms with Crippen molar-refractivity contribution in [3.63, 3.8) is 0 Å². The third kappa shape index (κ3) is 1.37. The first-order chi connectivity index (χ1) is 5.88. The highest BCUT2D eigenvalue weighted by Crippen LogP contribution is 2.27. The molecule has 1 fully saturated rings. The van der Waals surface area contributed by atoms with Crippen LogP contribution in [0.5, 0.6) is 0 Å². The lowest BCUT2D eigenvalue weighted by Crippen LogP contribution is -2.32. The first-order valence-corrected chi connectivity index (χ1v) is 4.38. The Morgan fingerprint density at radius 2 is 2.00 bits per heavy atom. The molecule has 1 aliphatic heterocycles. The molecule has 1 saturated heterocycles. The smallest absolute Gasteiger partial charge is 0.0695 e. The van der Waals surface area contributed by atoms with Crippen molar-refractivity contribution >= 4 is 0 Å². The Kier molecular flexibility index (Phi) is 2.13. The summed E-state index contributed by atoms with van der Waals surface area (Å²) in [5, 5.41) is 0. The van der Waals surface area contributed by atoms with Crippen molar-refractivity contribution in [3.05, 3.63) is 42.3 Å². The van der Waals surface area contributed by atoms with Gasteiger partial charge in [-0.05, 0) is 5.56 Å². The van der Waals surface area contributed by atoms with Gasteiger partial charge in [0.05, 0.1) is 12.7 Å². The summed E-state index contributed by atoms with van der Waals surface area (Å²) in [6.07, 6.45) is 2.56. The topological polar surface area (TPSA) is 9.23 Å². The second kappa shape index (κ2) is 3.28. The number of hydrogen-bond donors (Lipinski definition) is 0. The molecule has 1 nitrogen and oxygen atoms in total. The average molecular weight is 161 g/mol. The van der Waals surface area contributed by atoms with Crippen molar-refractivity contribution in [1.29, 1.82) is 0 Å². The maximum atomic E-state index is 5.39. The Labute approximate surface area is 73.4 Å². The average Bonchev–Trinajstić information content (AvgIpc) is 2.03. The van der Waals surface area contributed by atoms with Gasteiger partial charge in [-0.15, -0.1) is 0 Å². The monoisotopic (exact) mass is 161 g/mol. The molecule has 1 aliphatic rings. The molecule has 1 heteroatoms. The van der Waals surface area contributed by atoms with E-state index in [-0.39, 0.29) is 0 Å². The minimum absolute atomic E-state index is 0.340. The molecule has 1 aromatic rings. The molecule has 2 unspecified atom stereocenters. The van der Waals surface area contributed by atoms with Crippen molar-refractivity contribution in [2.45, 2.75) is 18.9 Å². The lowest BCUT2D eigenvalue weighted by Gasteiger charge is -2.31. The number of rotatable bonds is 2. The molecule has 2 rings (SSSR count). The van der Waals surface area contributed by atoms with Gasteiger partial charge in [0.2, 0.25) is 0 Å². The number of ether oxygens (including phenoxy) is 1. The van der Waals surface area contributed by atoms with E-state index in [1.165, 1.54) is 5.56 Å². The zero-order valence-corrected chi connectivity index (χ0v) is 7.23.